The lowest BCUT2D eigenvalue weighted by Gasteiger charge is -2.28. The number of ether oxygens (including phenoxy) is 1. The number of nitrogens with two attached hydrogens (primary N) is 1. The van der Waals surface area contributed by atoms with Crippen LogP contribution in [-0.2, 0) is 27.0 Å². The zero-order valence-corrected chi connectivity index (χ0v) is 15.6. The van der Waals surface area contributed by atoms with Crippen molar-refractivity contribution in [1.82, 2.24) is 9.78 Å². The number of carbonyl (C=O) groups is 2. The number of carbonyl (C=O) groups excluding carboxylic acids is 2. The van der Waals surface area contributed by atoms with Crippen molar-refractivity contribution in [2.75, 3.05) is 11.1 Å². The number of alkyl halides is 3. The quantitative estimate of drug-likeness (QED) is 0.707. The Morgan fingerprint density at radius 1 is 1.38 bits per heavy atom. The summed E-state index contributed by atoms with van der Waals surface area (Å²) >= 11 is 0. The summed E-state index contributed by atoms with van der Waals surface area (Å²) in [4.78, 5) is 24.6. The van der Waals surface area contributed by atoms with E-state index in [1.807, 2.05) is 0 Å². The van der Waals surface area contributed by atoms with E-state index in [4.69, 9.17) is 15.7 Å². The Bertz CT molecular complexity index is 964. The van der Waals surface area contributed by atoms with Crippen LogP contribution >= 0.6 is 0 Å². The Kier molecular flexibility index (Phi) is 6.16. The van der Waals surface area contributed by atoms with Crippen LogP contribution in [0.2, 0.25) is 0 Å². The first-order chi connectivity index (χ1) is 13.5. The van der Waals surface area contributed by atoms with Crippen LogP contribution < -0.4 is 11.1 Å². The number of nitrogen functional groups attached to an aromatic ring is 1. The van der Waals surface area contributed by atoms with Gasteiger partial charge in [-0.05, 0) is 25.1 Å². The van der Waals surface area contributed by atoms with Crippen LogP contribution in [0.15, 0.2) is 30.6 Å². The number of nitrogens with zero attached hydrogens (tertiary/aromatic N) is 3. The van der Waals surface area contributed by atoms with E-state index in [-0.39, 0.29) is 18.7 Å². The number of esters is 1. The number of hydrogen-bond acceptors (Lipinski definition) is 6. The molecular weight excluding hydrogens is 391 g/mol. The lowest BCUT2D eigenvalue weighted by atomic mass is 10.0. The highest BCUT2D eigenvalue weighted by Crippen LogP contribution is 2.33. The zero-order valence-electron chi connectivity index (χ0n) is 15.6. The maximum Gasteiger partial charge on any atom is 0.417 e. The van der Waals surface area contributed by atoms with E-state index in [1.54, 1.807) is 0 Å². The molecule has 0 aliphatic heterocycles. The SMILES string of the molecule is CCC(=O)O[C@@](C)(Cn1cc(N)cn1)C(=O)Nc1ccc(C#N)c(C(F)(F)F)c1. The smallest absolute Gasteiger partial charge is 0.417 e. The molecule has 29 heavy (non-hydrogen) atoms. The molecule has 3 N–H and O–H groups in total. The Balaban J connectivity index is 2.34. The number of anilines is 2. The normalized spacial score (nSPS) is 13.2. The van der Waals surface area contributed by atoms with Gasteiger partial charge in [0.15, 0.2) is 0 Å². The summed E-state index contributed by atoms with van der Waals surface area (Å²) in [5, 5.41) is 15.1. The molecule has 2 rings (SSSR count). The van der Waals surface area contributed by atoms with Crippen LogP contribution in [0.4, 0.5) is 24.5 Å². The second-order valence-corrected chi connectivity index (χ2v) is 6.35. The van der Waals surface area contributed by atoms with Crippen molar-refractivity contribution in [2.24, 2.45) is 0 Å². The highest BCUT2D eigenvalue weighted by Gasteiger charge is 2.39. The van der Waals surface area contributed by atoms with Crippen molar-refractivity contribution in [3.63, 3.8) is 0 Å². The summed E-state index contributed by atoms with van der Waals surface area (Å²) in [6.45, 7) is 2.62. The third kappa shape index (κ3) is 5.25. The number of hydrogen-bond donors (Lipinski definition) is 2. The highest BCUT2D eigenvalue weighted by atomic mass is 19.4. The van der Waals surface area contributed by atoms with Gasteiger partial charge in [0.25, 0.3) is 5.91 Å². The Morgan fingerprint density at radius 2 is 2.07 bits per heavy atom. The molecule has 1 aromatic heterocycles. The Labute approximate surface area is 164 Å². The minimum absolute atomic E-state index is 0.0147. The van der Waals surface area contributed by atoms with Crippen molar-refractivity contribution in [3.8, 4) is 6.07 Å². The Hall–Kier alpha value is -3.55. The van der Waals surface area contributed by atoms with E-state index in [9.17, 15) is 22.8 Å². The molecular formula is C18H18F3N5O3. The molecule has 1 atom stereocenters. The number of benzene rings is 1. The molecule has 1 aromatic carbocycles. The summed E-state index contributed by atoms with van der Waals surface area (Å²) in [5.41, 5.74) is 2.14. The third-order valence-electron chi connectivity index (χ3n) is 3.93. The minimum atomic E-state index is -4.78. The van der Waals surface area contributed by atoms with Gasteiger partial charge in [-0.2, -0.15) is 23.5 Å². The number of nitrogens with one attached hydrogen (secondary N) is 1. The van der Waals surface area contributed by atoms with E-state index in [2.05, 4.69) is 10.4 Å². The minimum Gasteiger partial charge on any atom is -0.447 e. The first-order valence-electron chi connectivity index (χ1n) is 8.41. The average Bonchev–Trinajstić information content (AvgIpc) is 3.05. The number of nitriles is 1. The molecule has 0 spiro atoms. The van der Waals surface area contributed by atoms with Crippen molar-refractivity contribution < 1.29 is 27.5 Å². The van der Waals surface area contributed by atoms with E-state index < -0.39 is 34.8 Å². The number of halogens is 3. The van der Waals surface area contributed by atoms with Crippen molar-refractivity contribution >= 4 is 23.3 Å². The van der Waals surface area contributed by atoms with Gasteiger partial charge in [0.2, 0.25) is 5.60 Å². The van der Waals surface area contributed by atoms with Gasteiger partial charge < -0.3 is 15.8 Å². The van der Waals surface area contributed by atoms with Gasteiger partial charge in [0, 0.05) is 18.3 Å². The molecule has 2 aromatic rings. The second-order valence-electron chi connectivity index (χ2n) is 6.35. The summed E-state index contributed by atoms with van der Waals surface area (Å²) < 4.78 is 45.9. The highest BCUT2D eigenvalue weighted by molar-refractivity contribution is 5.98. The summed E-state index contributed by atoms with van der Waals surface area (Å²) in [6, 6.07) is 4.20. The van der Waals surface area contributed by atoms with Crippen LogP contribution in [0.25, 0.3) is 0 Å². The molecule has 0 saturated carbocycles. The summed E-state index contributed by atoms with van der Waals surface area (Å²) in [6.07, 6.45) is -2.06. The molecule has 0 unspecified atom stereocenters. The molecule has 8 nitrogen and oxygen atoms in total. The van der Waals surface area contributed by atoms with Gasteiger partial charge in [-0.3, -0.25) is 14.3 Å². The van der Waals surface area contributed by atoms with Gasteiger partial charge in [-0.1, -0.05) is 6.92 Å². The summed E-state index contributed by atoms with van der Waals surface area (Å²) in [7, 11) is 0. The Morgan fingerprint density at radius 3 is 2.59 bits per heavy atom. The van der Waals surface area contributed by atoms with E-state index in [0.717, 1.165) is 12.1 Å². The molecule has 0 saturated heterocycles. The van der Waals surface area contributed by atoms with Gasteiger partial charge in [0.1, 0.15) is 0 Å². The zero-order chi connectivity index (χ0) is 21.8. The topological polar surface area (TPSA) is 123 Å². The standard InChI is InChI=1S/C18H18F3N5O3/c1-3-15(27)29-17(2,10-26-9-12(23)8-24-26)16(28)25-13-5-4-11(7-22)14(6-13)18(19,20)21/h4-6,8-9H,3,10,23H2,1-2H3,(H,25,28)/t17-/m0/s1. The molecule has 0 aliphatic rings. The largest absolute Gasteiger partial charge is 0.447 e. The van der Waals surface area contributed by atoms with Crippen molar-refractivity contribution in [1.29, 1.82) is 5.26 Å². The molecule has 0 bridgehead atoms. The predicted molar refractivity (Wildman–Crippen MR) is 96.2 cm³/mol. The first kappa shape index (κ1) is 21.7. The van der Waals surface area contributed by atoms with E-state index >= 15 is 0 Å². The second kappa shape index (κ2) is 8.22. The predicted octanol–water partition coefficient (Wildman–Crippen LogP) is 2.71. The van der Waals surface area contributed by atoms with Crippen molar-refractivity contribution in [3.05, 3.63) is 41.7 Å². The van der Waals surface area contributed by atoms with Crippen LogP contribution in [0.5, 0.6) is 0 Å². The monoisotopic (exact) mass is 409 g/mol. The molecule has 0 fully saturated rings. The molecule has 154 valence electrons. The first-order valence-corrected chi connectivity index (χ1v) is 8.41. The van der Waals surface area contributed by atoms with Gasteiger partial charge >= 0.3 is 12.1 Å². The van der Waals surface area contributed by atoms with Crippen LogP contribution in [0.1, 0.15) is 31.4 Å². The lowest BCUT2D eigenvalue weighted by Crippen LogP contribution is -2.47. The van der Waals surface area contributed by atoms with Crippen LogP contribution in [0.3, 0.4) is 0 Å². The van der Waals surface area contributed by atoms with Crippen LogP contribution in [-0.4, -0.2) is 27.3 Å². The van der Waals surface area contributed by atoms with E-state index in [1.165, 1.54) is 37.0 Å². The third-order valence-corrected chi connectivity index (χ3v) is 3.93. The maximum atomic E-state index is 13.1. The molecule has 1 heterocycles. The van der Waals surface area contributed by atoms with E-state index in [0.29, 0.717) is 11.8 Å². The molecule has 11 heteroatoms. The molecule has 0 aliphatic carbocycles. The fraction of sp³-hybridized carbons (Fsp3) is 0.333. The lowest BCUT2D eigenvalue weighted by molar-refractivity contribution is -0.166. The average molecular weight is 409 g/mol. The van der Waals surface area contributed by atoms with Gasteiger partial charge in [-0.25, -0.2) is 0 Å². The van der Waals surface area contributed by atoms with Gasteiger partial charge in [0.05, 0.1) is 35.6 Å². The van der Waals surface area contributed by atoms with Crippen molar-refractivity contribution in [2.45, 2.75) is 38.6 Å². The number of amides is 1. The summed E-state index contributed by atoms with van der Waals surface area (Å²) in [5.74, 6) is -1.55. The van der Waals surface area contributed by atoms with Crippen LogP contribution in [0, 0.1) is 11.3 Å². The molecule has 1 amide bonds. The molecule has 0 radical (unpaired) electrons. The number of rotatable bonds is 6. The fourth-order valence-electron chi connectivity index (χ4n) is 2.47. The maximum absolute atomic E-state index is 13.1. The van der Waals surface area contributed by atoms with Gasteiger partial charge in [-0.15, -0.1) is 0 Å². The number of aromatic nitrogens is 2. The fourth-order valence-corrected chi connectivity index (χ4v) is 2.47.